The van der Waals surface area contributed by atoms with Gasteiger partial charge in [-0.05, 0) is 24.6 Å². The minimum absolute atomic E-state index is 0.0829. The van der Waals surface area contributed by atoms with E-state index in [-0.39, 0.29) is 40.5 Å². The van der Waals surface area contributed by atoms with E-state index in [1.807, 2.05) is 6.92 Å². The molecule has 0 spiro atoms. The Morgan fingerprint density at radius 2 is 2.06 bits per heavy atom. The number of nitrogens with one attached hydrogen (secondary N) is 2. The molecule has 2 aliphatic rings. The zero-order valence-electron chi connectivity index (χ0n) is 16.6. The average Bonchev–Trinajstić information content (AvgIpc) is 2.75. The Labute approximate surface area is 184 Å². The van der Waals surface area contributed by atoms with Gasteiger partial charge in [-0.15, -0.1) is 0 Å². The van der Waals surface area contributed by atoms with Gasteiger partial charge in [0, 0.05) is 12.6 Å². The van der Waals surface area contributed by atoms with Crippen LogP contribution >= 0.6 is 11.6 Å². The third-order valence-corrected chi connectivity index (χ3v) is 7.06. The van der Waals surface area contributed by atoms with Gasteiger partial charge in [0.1, 0.15) is 16.4 Å². The van der Waals surface area contributed by atoms with E-state index in [0.717, 1.165) is 10.7 Å². The van der Waals surface area contributed by atoms with Crippen molar-refractivity contribution in [3.63, 3.8) is 0 Å². The summed E-state index contributed by atoms with van der Waals surface area (Å²) in [4.78, 5) is 23.8. The summed E-state index contributed by atoms with van der Waals surface area (Å²) in [5.74, 6) is -0.297. The fraction of sp³-hybridized carbons (Fsp3) is 0.300. The average molecular weight is 466 g/mol. The lowest BCUT2D eigenvalue weighted by Gasteiger charge is -2.35. The van der Waals surface area contributed by atoms with Crippen molar-refractivity contribution >= 4 is 44.8 Å². The number of benzene rings is 2. The van der Waals surface area contributed by atoms with E-state index >= 15 is 0 Å². The molecule has 0 saturated carbocycles. The van der Waals surface area contributed by atoms with E-state index in [9.17, 15) is 18.0 Å². The van der Waals surface area contributed by atoms with Crippen LogP contribution in [0.25, 0.3) is 0 Å². The van der Waals surface area contributed by atoms with E-state index in [2.05, 4.69) is 10.6 Å². The van der Waals surface area contributed by atoms with E-state index in [0.29, 0.717) is 17.9 Å². The fourth-order valence-corrected chi connectivity index (χ4v) is 5.32. The summed E-state index contributed by atoms with van der Waals surface area (Å²) < 4.78 is 39.4. The third-order valence-electron chi connectivity index (χ3n) is 4.81. The van der Waals surface area contributed by atoms with Crippen molar-refractivity contribution in [2.45, 2.75) is 24.3 Å². The monoisotopic (exact) mass is 465 g/mol. The molecule has 2 aromatic rings. The summed E-state index contributed by atoms with van der Waals surface area (Å²) in [7, 11) is -4.19. The van der Waals surface area contributed by atoms with Crippen LogP contribution in [0.1, 0.15) is 13.3 Å². The van der Waals surface area contributed by atoms with Crippen molar-refractivity contribution in [3.8, 4) is 11.5 Å². The molecule has 1 atom stereocenters. The van der Waals surface area contributed by atoms with Crippen LogP contribution in [0.15, 0.2) is 41.3 Å². The number of hydrogen-bond acceptors (Lipinski definition) is 6. The van der Waals surface area contributed by atoms with E-state index in [1.165, 1.54) is 12.1 Å². The number of carbonyl (C=O) groups is 2. The number of para-hydroxylation sites is 2. The van der Waals surface area contributed by atoms with Gasteiger partial charge in [-0.2, -0.15) is 0 Å². The number of sulfonamides is 1. The quantitative estimate of drug-likeness (QED) is 0.699. The summed E-state index contributed by atoms with van der Waals surface area (Å²) in [6, 6.07) is 9.17. The summed E-state index contributed by atoms with van der Waals surface area (Å²) in [6.07, 6.45) is -0.290. The number of fused-ring (bicyclic) bond motifs is 2. The van der Waals surface area contributed by atoms with Crippen LogP contribution in [0.5, 0.6) is 11.5 Å². The molecule has 1 unspecified atom stereocenters. The molecule has 0 aromatic heterocycles. The van der Waals surface area contributed by atoms with Crippen molar-refractivity contribution in [1.29, 1.82) is 0 Å². The van der Waals surface area contributed by atoms with Crippen LogP contribution < -0.4 is 24.4 Å². The minimum Gasteiger partial charge on any atom is -0.482 e. The van der Waals surface area contributed by atoms with Crippen molar-refractivity contribution in [2.24, 2.45) is 0 Å². The lowest BCUT2D eigenvalue weighted by atomic mass is 10.2. The first kappa shape index (κ1) is 21.3. The van der Waals surface area contributed by atoms with Crippen molar-refractivity contribution in [2.75, 3.05) is 29.3 Å². The van der Waals surface area contributed by atoms with Gasteiger partial charge in [-0.3, -0.25) is 13.9 Å². The molecule has 2 amide bonds. The molecule has 9 nitrogen and oxygen atoms in total. The normalized spacial score (nSPS) is 17.5. The summed E-state index contributed by atoms with van der Waals surface area (Å²) in [5.41, 5.74) is 0.587. The Balaban J connectivity index is 1.74. The maximum atomic E-state index is 13.6. The highest BCUT2D eigenvalue weighted by Gasteiger charge is 2.38. The number of halogens is 1. The summed E-state index contributed by atoms with van der Waals surface area (Å²) in [6.45, 7) is 1.91. The largest absolute Gasteiger partial charge is 0.482 e. The Morgan fingerprint density at radius 1 is 1.29 bits per heavy atom. The summed E-state index contributed by atoms with van der Waals surface area (Å²) in [5, 5.41) is 5.23. The summed E-state index contributed by atoms with van der Waals surface area (Å²) >= 11 is 6.28. The molecule has 2 aromatic carbocycles. The molecule has 164 valence electrons. The van der Waals surface area contributed by atoms with Gasteiger partial charge in [-0.1, -0.05) is 30.7 Å². The van der Waals surface area contributed by atoms with Gasteiger partial charge in [0.15, 0.2) is 12.7 Å². The second kappa shape index (κ2) is 8.27. The minimum atomic E-state index is -4.19. The lowest BCUT2D eigenvalue weighted by molar-refractivity contribution is -0.127. The van der Waals surface area contributed by atoms with Crippen LogP contribution in [0.3, 0.4) is 0 Å². The topological polar surface area (TPSA) is 114 Å². The Kier molecular flexibility index (Phi) is 5.67. The van der Waals surface area contributed by atoms with Crippen molar-refractivity contribution < 1.29 is 27.5 Å². The molecule has 2 aliphatic heterocycles. The number of carbonyl (C=O) groups excluding carboxylic acids is 2. The van der Waals surface area contributed by atoms with Crippen LogP contribution in [-0.4, -0.2) is 46.0 Å². The molecule has 2 heterocycles. The highest BCUT2D eigenvalue weighted by atomic mass is 35.5. The smallest absolute Gasteiger partial charge is 0.266 e. The number of ether oxygens (including phenoxy) is 2. The van der Waals surface area contributed by atoms with Crippen molar-refractivity contribution in [3.05, 3.63) is 41.4 Å². The second-order valence-corrected chi connectivity index (χ2v) is 9.25. The molecular formula is C20H20ClN3O6S. The van der Waals surface area contributed by atoms with Gasteiger partial charge < -0.3 is 20.1 Å². The molecule has 0 bridgehead atoms. The van der Waals surface area contributed by atoms with Crippen LogP contribution in [0, 0.1) is 0 Å². The van der Waals surface area contributed by atoms with Crippen molar-refractivity contribution in [1.82, 2.24) is 5.32 Å². The standard InChI is InChI=1S/C20H20ClN3O6S/c1-2-7-22-20(26)17-10-24(14-5-3-4-6-15(14)30-17)31(27,28)18-9-16-13(8-12(18)21)23-19(25)11-29-16/h3-6,8-9,17H,2,7,10-11H2,1H3,(H,22,26)(H,23,25). The first-order valence-corrected chi connectivity index (χ1v) is 11.5. The number of amides is 2. The third kappa shape index (κ3) is 4.00. The van der Waals surface area contributed by atoms with Gasteiger partial charge >= 0.3 is 0 Å². The van der Waals surface area contributed by atoms with Crippen LogP contribution in [0.2, 0.25) is 5.02 Å². The highest BCUT2D eigenvalue weighted by molar-refractivity contribution is 7.93. The zero-order valence-corrected chi connectivity index (χ0v) is 18.1. The van der Waals surface area contributed by atoms with Gasteiger partial charge in [-0.25, -0.2) is 8.42 Å². The molecule has 0 fully saturated rings. The first-order chi connectivity index (χ1) is 14.8. The Hall–Kier alpha value is -2.98. The van der Waals surface area contributed by atoms with Gasteiger partial charge in [0.25, 0.3) is 21.8 Å². The molecule has 4 rings (SSSR count). The Morgan fingerprint density at radius 3 is 2.84 bits per heavy atom. The SMILES string of the molecule is CCCNC(=O)C1CN(S(=O)(=O)c2cc3c(cc2Cl)NC(=O)CO3)c2ccccc2O1. The molecule has 0 saturated heterocycles. The Bertz CT molecular complexity index is 1150. The number of hydrogen-bond donors (Lipinski definition) is 2. The fourth-order valence-electron chi connectivity index (χ4n) is 3.33. The van der Waals surface area contributed by atoms with Crippen LogP contribution in [0.4, 0.5) is 11.4 Å². The molecule has 31 heavy (non-hydrogen) atoms. The van der Waals surface area contributed by atoms with E-state index in [1.54, 1.807) is 24.3 Å². The highest BCUT2D eigenvalue weighted by Crippen LogP contribution is 2.41. The van der Waals surface area contributed by atoms with E-state index < -0.39 is 22.0 Å². The molecule has 0 aliphatic carbocycles. The zero-order chi connectivity index (χ0) is 22.2. The van der Waals surface area contributed by atoms with Gasteiger partial charge in [0.2, 0.25) is 0 Å². The predicted molar refractivity (Wildman–Crippen MR) is 114 cm³/mol. The predicted octanol–water partition coefficient (Wildman–Crippen LogP) is 2.15. The molecule has 2 N–H and O–H groups in total. The van der Waals surface area contributed by atoms with Gasteiger partial charge in [0.05, 0.1) is 22.9 Å². The number of nitrogens with zero attached hydrogens (tertiary/aromatic N) is 1. The second-order valence-electron chi connectivity index (χ2n) is 7.02. The first-order valence-electron chi connectivity index (χ1n) is 9.63. The number of rotatable bonds is 5. The maximum Gasteiger partial charge on any atom is 0.266 e. The number of anilines is 2. The van der Waals surface area contributed by atoms with Crippen LogP contribution in [-0.2, 0) is 19.6 Å². The maximum absolute atomic E-state index is 13.6. The molecular weight excluding hydrogens is 446 g/mol. The molecule has 11 heteroatoms. The molecule has 0 radical (unpaired) electrons. The van der Waals surface area contributed by atoms with E-state index in [4.69, 9.17) is 21.1 Å². The lowest BCUT2D eigenvalue weighted by Crippen LogP contribution is -2.50.